The van der Waals surface area contributed by atoms with Crippen LogP contribution in [0.25, 0.3) is 10.2 Å². The van der Waals surface area contributed by atoms with Gasteiger partial charge in [-0.1, -0.05) is 11.3 Å². The summed E-state index contributed by atoms with van der Waals surface area (Å²) < 4.78 is 11.2. The highest BCUT2D eigenvalue weighted by Gasteiger charge is 2.31. The molecule has 1 N–H and O–H groups in total. The molecule has 1 fully saturated rings. The third kappa shape index (κ3) is 4.24. The van der Waals surface area contributed by atoms with E-state index in [1.807, 2.05) is 32.9 Å². The van der Waals surface area contributed by atoms with Crippen LogP contribution in [0.5, 0.6) is 0 Å². The largest absolute Gasteiger partial charge is 0.462 e. The second kappa shape index (κ2) is 7.11. The first-order valence-corrected chi connectivity index (χ1v) is 9.39. The van der Waals surface area contributed by atoms with Crippen molar-refractivity contribution in [2.75, 3.05) is 24.6 Å². The Balaban J connectivity index is 1.60. The zero-order valence-corrected chi connectivity index (χ0v) is 16.2. The molecule has 1 aliphatic heterocycles. The average Bonchev–Trinajstić information content (AvgIpc) is 2.91. The van der Waals surface area contributed by atoms with E-state index < -0.39 is 11.7 Å². The number of thiazole rings is 1. The van der Waals surface area contributed by atoms with Gasteiger partial charge in [0.2, 0.25) is 0 Å². The molecule has 0 radical (unpaired) electrons. The molecule has 1 aliphatic rings. The molecule has 7 nitrogen and oxygen atoms in total. The highest BCUT2D eigenvalue weighted by molar-refractivity contribution is 7.22. The van der Waals surface area contributed by atoms with Gasteiger partial charge in [0.1, 0.15) is 5.60 Å². The molecule has 3 rings (SSSR count). The molecule has 8 heteroatoms. The van der Waals surface area contributed by atoms with Crippen molar-refractivity contribution in [3.63, 3.8) is 0 Å². The Bertz CT molecular complexity index is 821. The maximum Gasteiger partial charge on any atom is 0.407 e. The molecule has 0 spiro atoms. The van der Waals surface area contributed by atoms with E-state index >= 15 is 0 Å². The molecule has 0 aliphatic carbocycles. The molecular formula is C18H23N3O4S. The van der Waals surface area contributed by atoms with Gasteiger partial charge in [-0.3, -0.25) is 0 Å². The minimum Gasteiger partial charge on any atom is -0.462 e. The van der Waals surface area contributed by atoms with Crippen LogP contribution < -0.4 is 10.2 Å². The second-order valence-electron chi connectivity index (χ2n) is 7.15. The lowest BCUT2D eigenvalue weighted by atomic mass is 10.1. The lowest BCUT2D eigenvalue weighted by molar-refractivity contribution is 0.0492. The molecule has 0 bridgehead atoms. The number of ether oxygens (including phenoxy) is 2. The summed E-state index contributed by atoms with van der Waals surface area (Å²) in [6, 6.07) is 5.42. The fourth-order valence-electron chi connectivity index (χ4n) is 2.59. The van der Waals surface area contributed by atoms with Crippen molar-refractivity contribution in [2.24, 2.45) is 0 Å². The lowest BCUT2D eigenvalue weighted by Crippen LogP contribution is -2.60. The number of nitrogens with one attached hydrogen (secondary N) is 1. The summed E-state index contributed by atoms with van der Waals surface area (Å²) in [6.07, 6.45) is -0.398. The monoisotopic (exact) mass is 377 g/mol. The van der Waals surface area contributed by atoms with E-state index in [0.717, 1.165) is 15.3 Å². The Morgan fingerprint density at radius 2 is 2.08 bits per heavy atom. The van der Waals surface area contributed by atoms with E-state index in [0.29, 0.717) is 25.3 Å². The number of esters is 1. The SMILES string of the molecule is CCOC(=O)c1ccc2nc(N3CC(NC(=O)OC(C)(C)C)C3)sc2c1. The summed E-state index contributed by atoms with van der Waals surface area (Å²) in [5.74, 6) is -0.324. The van der Waals surface area contributed by atoms with Gasteiger partial charge in [0.15, 0.2) is 5.13 Å². The van der Waals surface area contributed by atoms with Gasteiger partial charge in [-0.15, -0.1) is 0 Å². The third-order valence-corrected chi connectivity index (χ3v) is 4.84. The number of aromatic nitrogens is 1. The van der Waals surface area contributed by atoms with Gasteiger partial charge >= 0.3 is 12.1 Å². The van der Waals surface area contributed by atoms with E-state index in [9.17, 15) is 9.59 Å². The van der Waals surface area contributed by atoms with Gasteiger partial charge in [-0.2, -0.15) is 0 Å². The Labute approximate surface area is 156 Å². The fraction of sp³-hybridized carbons (Fsp3) is 0.500. The van der Waals surface area contributed by atoms with Gasteiger partial charge in [0.25, 0.3) is 0 Å². The van der Waals surface area contributed by atoms with Crippen LogP contribution in [0.3, 0.4) is 0 Å². The number of anilines is 1. The van der Waals surface area contributed by atoms with E-state index in [1.54, 1.807) is 13.0 Å². The molecule has 0 atom stereocenters. The molecule has 1 amide bonds. The molecule has 2 heterocycles. The van der Waals surface area contributed by atoms with Crippen molar-refractivity contribution in [1.82, 2.24) is 10.3 Å². The van der Waals surface area contributed by atoms with Crippen LogP contribution in [0.2, 0.25) is 0 Å². The molecule has 1 aromatic carbocycles. The number of hydrogen-bond acceptors (Lipinski definition) is 7. The Morgan fingerprint density at radius 1 is 1.35 bits per heavy atom. The number of hydrogen-bond donors (Lipinski definition) is 1. The summed E-state index contributed by atoms with van der Waals surface area (Å²) in [4.78, 5) is 30.3. The number of carbonyl (C=O) groups is 2. The van der Waals surface area contributed by atoms with Crippen LogP contribution >= 0.6 is 11.3 Å². The summed E-state index contributed by atoms with van der Waals surface area (Å²) in [6.45, 7) is 9.02. The molecule has 140 valence electrons. The maximum atomic E-state index is 11.8. The molecule has 26 heavy (non-hydrogen) atoms. The minimum atomic E-state index is -0.503. The average molecular weight is 377 g/mol. The number of nitrogens with zero attached hydrogens (tertiary/aromatic N) is 2. The minimum absolute atomic E-state index is 0.0481. The van der Waals surface area contributed by atoms with Crippen LogP contribution in [0, 0.1) is 0 Å². The van der Waals surface area contributed by atoms with Crippen molar-refractivity contribution < 1.29 is 19.1 Å². The van der Waals surface area contributed by atoms with Crippen molar-refractivity contribution in [2.45, 2.75) is 39.3 Å². The van der Waals surface area contributed by atoms with Crippen molar-refractivity contribution in [3.8, 4) is 0 Å². The topological polar surface area (TPSA) is 80.8 Å². The number of alkyl carbamates (subject to hydrolysis) is 1. The van der Waals surface area contributed by atoms with Crippen LogP contribution in [0.1, 0.15) is 38.1 Å². The van der Waals surface area contributed by atoms with Crippen molar-refractivity contribution in [1.29, 1.82) is 0 Å². The Morgan fingerprint density at radius 3 is 2.73 bits per heavy atom. The fourth-order valence-corrected chi connectivity index (χ4v) is 3.61. The normalized spacial score (nSPS) is 14.8. The predicted octanol–water partition coefficient (Wildman–Crippen LogP) is 3.19. The predicted molar refractivity (Wildman–Crippen MR) is 101 cm³/mol. The first-order valence-electron chi connectivity index (χ1n) is 8.57. The van der Waals surface area contributed by atoms with Gasteiger partial charge in [-0.05, 0) is 45.9 Å². The van der Waals surface area contributed by atoms with E-state index in [-0.39, 0.29) is 12.0 Å². The third-order valence-electron chi connectivity index (χ3n) is 3.76. The van der Waals surface area contributed by atoms with E-state index in [4.69, 9.17) is 9.47 Å². The molecular weight excluding hydrogens is 354 g/mol. The van der Waals surface area contributed by atoms with Crippen LogP contribution in [-0.4, -0.2) is 48.4 Å². The zero-order valence-electron chi connectivity index (χ0n) is 15.4. The van der Waals surface area contributed by atoms with Crippen molar-refractivity contribution in [3.05, 3.63) is 23.8 Å². The molecule has 1 aromatic heterocycles. The second-order valence-corrected chi connectivity index (χ2v) is 8.16. The van der Waals surface area contributed by atoms with Crippen LogP contribution in [0.15, 0.2) is 18.2 Å². The summed E-state index contributed by atoms with van der Waals surface area (Å²) in [7, 11) is 0. The Kier molecular flexibility index (Phi) is 5.04. The van der Waals surface area contributed by atoms with E-state index in [1.165, 1.54) is 11.3 Å². The first kappa shape index (κ1) is 18.4. The van der Waals surface area contributed by atoms with E-state index in [2.05, 4.69) is 15.2 Å². The van der Waals surface area contributed by atoms with Gasteiger partial charge < -0.3 is 19.7 Å². The number of rotatable bonds is 4. The zero-order chi connectivity index (χ0) is 18.9. The highest BCUT2D eigenvalue weighted by Crippen LogP contribution is 2.32. The molecule has 1 saturated heterocycles. The maximum absolute atomic E-state index is 11.8. The van der Waals surface area contributed by atoms with Crippen LogP contribution in [0.4, 0.5) is 9.93 Å². The number of carbonyl (C=O) groups excluding carboxylic acids is 2. The summed E-state index contributed by atoms with van der Waals surface area (Å²) >= 11 is 1.52. The molecule has 2 aromatic rings. The standard InChI is InChI=1S/C18H23N3O4S/c1-5-24-15(22)11-6-7-13-14(8-11)26-16(20-13)21-9-12(10-21)19-17(23)25-18(2,3)4/h6-8,12H,5,9-10H2,1-4H3,(H,19,23). The number of benzene rings is 1. The quantitative estimate of drug-likeness (QED) is 0.824. The number of fused-ring (bicyclic) bond motifs is 1. The Hall–Kier alpha value is -2.35. The molecule has 0 unspecified atom stereocenters. The lowest BCUT2D eigenvalue weighted by Gasteiger charge is -2.39. The summed E-state index contributed by atoms with van der Waals surface area (Å²) in [5.41, 5.74) is 0.876. The highest BCUT2D eigenvalue weighted by atomic mass is 32.1. The van der Waals surface area contributed by atoms with Crippen molar-refractivity contribution >= 4 is 38.7 Å². The number of amides is 1. The van der Waals surface area contributed by atoms with Gasteiger partial charge in [0, 0.05) is 13.1 Å². The first-order chi connectivity index (χ1) is 12.2. The van der Waals surface area contributed by atoms with Gasteiger partial charge in [-0.25, -0.2) is 14.6 Å². The molecule has 0 saturated carbocycles. The van der Waals surface area contributed by atoms with Crippen LogP contribution in [-0.2, 0) is 9.47 Å². The summed E-state index contributed by atoms with van der Waals surface area (Å²) in [5, 5.41) is 3.74. The van der Waals surface area contributed by atoms with Gasteiger partial charge in [0.05, 0.1) is 28.4 Å². The smallest absolute Gasteiger partial charge is 0.407 e.